The van der Waals surface area contributed by atoms with Gasteiger partial charge in [-0.1, -0.05) is 44.5 Å². The van der Waals surface area contributed by atoms with Crippen LogP contribution >= 0.6 is 24.8 Å². The maximum atomic E-state index is 6.24. The Kier molecular flexibility index (Phi) is 5.89. The molecule has 0 saturated carbocycles. The molecule has 2 N–H and O–H groups in total. The zero-order valence-electron chi connectivity index (χ0n) is 11.9. The Labute approximate surface area is 135 Å². The van der Waals surface area contributed by atoms with E-state index >= 15 is 0 Å². The van der Waals surface area contributed by atoms with Gasteiger partial charge >= 0.3 is 0 Å². The monoisotopic (exact) mass is 327 g/mol. The van der Waals surface area contributed by atoms with E-state index in [-0.39, 0.29) is 30.9 Å². The molecule has 0 aliphatic heterocycles. The Bertz CT molecular complexity index is 728. The number of hydrogen-bond donors (Lipinski definition) is 1. The minimum Gasteiger partial charge on any atom is -0.321 e. The van der Waals surface area contributed by atoms with Crippen LogP contribution in [0.25, 0.3) is 16.4 Å². The van der Waals surface area contributed by atoms with Crippen LogP contribution in [0.4, 0.5) is 0 Å². The molecule has 0 bridgehead atoms. The Morgan fingerprint density at radius 3 is 2.62 bits per heavy atom. The second kappa shape index (κ2) is 7.02. The standard InChI is InChI=1S/C14H17N5.2ClH/c1-3-9(2)12(15)14-18-17-13-11-7-5-4-6-10(11)8-16-19(13)14;;/h4-9,12H,3,15H2,1-2H3;2*1H/t9-,12-;;/m0../s1. The summed E-state index contributed by atoms with van der Waals surface area (Å²) < 4.78 is 1.76. The molecular weight excluding hydrogens is 309 g/mol. The molecule has 0 aliphatic carbocycles. The molecule has 3 rings (SSSR count). The maximum Gasteiger partial charge on any atom is 0.185 e. The van der Waals surface area contributed by atoms with Gasteiger partial charge in [-0.2, -0.15) is 9.61 Å². The molecule has 0 fully saturated rings. The first kappa shape index (κ1) is 17.6. The van der Waals surface area contributed by atoms with Crippen LogP contribution in [0.2, 0.25) is 0 Å². The summed E-state index contributed by atoms with van der Waals surface area (Å²) in [5, 5.41) is 15.0. The zero-order chi connectivity index (χ0) is 13.4. The van der Waals surface area contributed by atoms with Crippen LogP contribution in [-0.4, -0.2) is 19.8 Å². The molecule has 7 heteroatoms. The van der Waals surface area contributed by atoms with Gasteiger partial charge in [-0.05, 0) is 5.92 Å². The molecule has 0 saturated heterocycles. The molecule has 2 heterocycles. The first-order chi connectivity index (χ1) is 9.22. The zero-order valence-corrected chi connectivity index (χ0v) is 13.6. The fraction of sp³-hybridized carbons (Fsp3) is 0.357. The Morgan fingerprint density at radius 1 is 1.19 bits per heavy atom. The predicted octanol–water partition coefficient (Wildman–Crippen LogP) is 3.17. The van der Waals surface area contributed by atoms with Gasteiger partial charge in [0.1, 0.15) is 0 Å². The van der Waals surface area contributed by atoms with Gasteiger partial charge in [-0.3, -0.25) is 0 Å². The lowest BCUT2D eigenvalue weighted by Crippen LogP contribution is -2.21. The molecule has 0 aliphatic rings. The van der Waals surface area contributed by atoms with E-state index in [2.05, 4.69) is 29.1 Å². The molecule has 0 amide bonds. The van der Waals surface area contributed by atoms with Gasteiger partial charge in [0.05, 0.1) is 12.2 Å². The molecule has 5 nitrogen and oxygen atoms in total. The third kappa shape index (κ3) is 2.95. The molecule has 1 aromatic carbocycles. The van der Waals surface area contributed by atoms with Crippen molar-refractivity contribution < 1.29 is 0 Å². The summed E-state index contributed by atoms with van der Waals surface area (Å²) in [4.78, 5) is 0. The van der Waals surface area contributed by atoms with Crippen molar-refractivity contribution in [3.8, 4) is 0 Å². The summed E-state index contributed by atoms with van der Waals surface area (Å²) >= 11 is 0. The van der Waals surface area contributed by atoms with E-state index in [0.29, 0.717) is 5.92 Å². The Hall–Kier alpha value is -1.43. The van der Waals surface area contributed by atoms with Crippen molar-refractivity contribution in [3.05, 3.63) is 36.3 Å². The van der Waals surface area contributed by atoms with E-state index in [1.54, 1.807) is 4.52 Å². The van der Waals surface area contributed by atoms with Crippen molar-refractivity contribution in [1.82, 2.24) is 19.8 Å². The normalized spacial score (nSPS) is 13.5. The molecule has 2 aromatic heterocycles. The van der Waals surface area contributed by atoms with Crippen molar-refractivity contribution >= 4 is 41.2 Å². The van der Waals surface area contributed by atoms with Crippen molar-refractivity contribution in [3.63, 3.8) is 0 Å². The summed E-state index contributed by atoms with van der Waals surface area (Å²) in [5.74, 6) is 1.08. The molecule has 0 unspecified atom stereocenters. The molecule has 0 spiro atoms. The summed E-state index contributed by atoms with van der Waals surface area (Å²) in [6.45, 7) is 4.24. The van der Waals surface area contributed by atoms with Crippen LogP contribution in [0.3, 0.4) is 0 Å². The highest BCUT2D eigenvalue weighted by molar-refractivity contribution is 5.92. The van der Waals surface area contributed by atoms with Crippen LogP contribution in [0, 0.1) is 5.92 Å². The fourth-order valence-electron chi connectivity index (χ4n) is 2.22. The highest BCUT2D eigenvalue weighted by Gasteiger charge is 2.20. The summed E-state index contributed by atoms with van der Waals surface area (Å²) in [6.07, 6.45) is 2.84. The average Bonchev–Trinajstić information content (AvgIpc) is 2.89. The van der Waals surface area contributed by atoms with Crippen molar-refractivity contribution in [2.24, 2.45) is 11.7 Å². The highest BCUT2D eigenvalue weighted by atomic mass is 35.5. The molecular formula is C14H19Cl2N5. The largest absolute Gasteiger partial charge is 0.321 e. The maximum absolute atomic E-state index is 6.24. The lowest BCUT2D eigenvalue weighted by Gasteiger charge is -2.15. The van der Waals surface area contributed by atoms with Crippen molar-refractivity contribution in [2.45, 2.75) is 26.3 Å². The van der Waals surface area contributed by atoms with Crippen LogP contribution in [0.1, 0.15) is 32.1 Å². The summed E-state index contributed by atoms with van der Waals surface area (Å²) in [5.41, 5.74) is 7.01. The predicted molar refractivity (Wildman–Crippen MR) is 89.2 cm³/mol. The van der Waals surface area contributed by atoms with Crippen LogP contribution in [0.5, 0.6) is 0 Å². The van der Waals surface area contributed by atoms with Gasteiger partial charge in [0.15, 0.2) is 11.5 Å². The minimum absolute atomic E-state index is 0. The number of nitrogens with two attached hydrogens (primary N) is 1. The van der Waals surface area contributed by atoms with Gasteiger partial charge in [-0.25, -0.2) is 0 Å². The van der Waals surface area contributed by atoms with Gasteiger partial charge in [0, 0.05) is 10.8 Å². The second-order valence-electron chi connectivity index (χ2n) is 4.94. The minimum atomic E-state index is -0.145. The van der Waals surface area contributed by atoms with E-state index in [4.69, 9.17) is 5.73 Å². The van der Waals surface area contributed by atoms with Crippen LogP contribution in [0.15, 0.2) is 30.5 Å². The third-order valence-corrected chi connectivity index (χ3v) is 3.73. The van der Waals surface area contributed by atoms with E-state index in [1.165, 1.54) is 0 Å². The molecule has 3 aromatic rings. The summed E-state index contributed by atoms with van der Waals surface area (Å²) in [7, 11) is 0. The highest BCUT2D eigenvalue weighted by Crippen LogP contribution is 2.23. The number of halogens is 2. The van der Waals surface area contributed by atoms with E-state index in [9.17, 15) is 0 Å². The van der Waals surface area contributed by atoms with Gasteiger partial charge in [-0.15, -0.1) is 35.0 Å². The number of nitrogens with zero attached hydrogens (tertiary/aromatic N) is 4. The lowest BCUT2D eigenvalue weighted by atomic mass is 10.00. The third-order valence-electron chi connectivity index (χ3n) is 3.73. The topological polar surface area (TPSA) is 69.1 Å². The quantitative estimate of drug-likeness (QED) is 0.802. The first-order valence-electron chi connectivity index (χ1n) is 6.57. The Balaban J connectivity index is 0.00000110. The smallest absolute Gasteiger partial charge is 0.185 e. The van der Waals surface area contributed by atoms with Crippen LogP contribution < -0.4 is 5.73 Å². The molecule has 0 radical (unpaired) electrons. The SMILES string of the molecule is CC[C@H](C)[C@H](N)c1nnc2c3ccccc3cnn12.Cl.Cl. The van der Waals surface area contributed by atoms with Gasteiger partial charge in [0.2, 0.25) is 0 Å². The van der Waals surface area contributed by atoms with Gasteiger partial charge in [0.25, 0.3) is 0 Å². The van der Waals surface area contributed by atoms with E-state index in [1.807, 2.05) is 30.5 Å². The number of fused-ring (bicyclic) bond motifs is 3. The fourth-order valence-corrected chi connectivity index (χ4v) is 2.22. The molecule has 2 atom stereocenters. The lowest BCUT2D eigenvalue weighted by molar-refractivity contribution is 0.432. The summed E-state index contributed by atoms with van der Waals surface area (Å²) in [6, 6.07) is 7.88. The number of rotatable bonds is 3. The van der Waals surface area contributed by atoms with Crippen molar-refractivity contribution in [2.75, 3.05) is 0 Å². The Morgan fingerprint density at radius 2 is 1.90 bits per heavy atom. The molecule has 114 valence electrons. The molecule has 21 heavy (non-hydrogen) atoms. The van der Waals surface area contributed by atoms with Crippen molar-refractivity contribution in [1.29, 1.82) is 0 Å². The van der Waals surface area contributed by atoms with E-state index < -0.39 is 0 Å². The number of aromatic nitrogens is 4. The number of hydrogen-bond acceptors (Lipinski definition) is 4. The van der Waals surface area contributed by atoms with E-state index in [0.717, 1.165) is 28.7 Å². The number of benzene rings is 1. The first-order valence-corrected chi connectivity index (χ1v) is 6.57. The average molecular weight is 328 g/mol. The van der Waals surface area contributed by atoms with Crippen LogP contribution in [-0.2, 0) is 0 Å². The second-order valence-corrected chi connectivity index (χ2v) is 4.94. The van der Waals surface area contributed by atoms with Gasteiger partial charge < -0.3 is 5.73 Å².